The Bertz CT molecular complexity index is 3420. The normalized spacial score (nSPS) is 12.6. The van der Waals surface area contributed by atoms with Gasteiger partial charge in [-0.3, -0.25) is 0 Å². The number of para-hydroxylation sites is 1. The Balaban J connectivity index is 1.07. The van der Waals surface area contributed by atoms with Crippen LogP contribution in [0.25, 0.3) is 89.2 Å². The molecule has 12 rings (SSSR count). The van der Waals surface area contributed by atoms with E-state index in [4.69, 9.17) is 14.4 Å². The van der Waals surface area contributed by atoms with Crippen LogP contribution in [0.4, 0.5) is 0 Å². The third-order valence-corrected chi connectivity index (χ3v) is 17.4. The summed E-state index contributed by atoms with van der Waals surface area (Å²) in [5.41, 5.74) is 13.6. The van der Waals surface area contributed by atoms with E-state index in [9.17, 15) is 0 Å². The molecule has 9 aromatic carbocycles. The number of fused-ring (bicyclic) bond motifs is 6. The van der Waals surface area contributed by atoms with Crippen LogP contribution in [0.15, 0.2) is 235 Å². The van der Waals surface area contributed by atoms with Gasteiger partial charge in [0.2, 0.25) is 0 Å². The molecule has 0 unspecified atom stereocenters. The third kappa shape index (κ3) is 5.87. The molecule has 0 aliphatic carbocycles. The summed E-state index contributed by atoms with van der Waals surface area (Å²) in [6.07, 6.45) is 0. The van der Waals surface area contributed by atoms with Crippen molar-refractivity contribution in [2.75, 3.05) is 0 Å². The fraction of sp³-hybridized carbons (Fsp3) is 0. The zero-order chi connectivity index (χ0) is 41.0. The number of benzene rings is 9. The standard InChI is InChI=1S/C58H38N2OSi/c1-5-17-39(18-6-1)43-33-44(41-29-31-55-50(36-41)48-25-13-15-27-54(48)61-55)35-45(34-43)53-38-52(59-58(60-53)40-19-7-2-8-20-40)42-30-32-57-51(37-42)49-26-14-16-28-56(49)62(57,46-21-9-3-10-22-46)47-23-11-4-12-24-47/h1-38H. The highest BCUT2D eigenvalue weighted by Crippen LogP contribution is 2.38. The van der Waals surface area contributed by atoms with Crippen molar-refractivity contribution in [3.63, 3.8) is 0 Å². The number of aromatic nitrogens is 2. The molecule has 0 atom stereocenters. The number of rotatable bonds is 7. The Kier molecular flexibility index (Phi) is 8.51. The van der Waals surface area contributed by atoms with Gasteiger partial charge in [-0.05, 0) is 103 Å². The first-order chi connectivity index (χ1) is 30.7. The van der Waals surface area contributed by atoms with Gasteiger partial charge in [-0.25, -0.2) is 9.97 Å². The van der Waals surface area contributed by atoms with E-state index >= 15 is 0 Å². The summed E-state index contributed by atoms with van der Waals surface area (Å²) in [5.74, 6) is 0.689. The minimum atomic E-state index is -2.62. The van der Waals surface area contributed by atoms with Gasteiger partial charge in [0.25, 0.3) is 0 Å². The monoisotopic (exact) mass is 806 g/mol. The predicted octanol–water partition coefficient (Wildman–Crippen LogP) is 12.1. The number of hydrogen-bond acceptors (Lipinski definition) is 3. The molecule has 1 aliphatic heterocycles. The van der Waals surface area contributed by atoms with Crippen LogP contribution in [0.3, 0.4) is 0 Å². The maximum Gasteiger partial charge on any atom is 0.180 e. The molecule has 11 aromatic rings. The summed E-state index contributed by atoms with van der Waals surface area (Å²) < 4.78 is 6.23. The maximum atomic E-state index is 6.23. The molecule has 3 nitrogen and oxygen atoms in total. The van der Waals surface area contributed by atoms with E-state index in [0.29, 0.717) is 5.82 Å². The summed E-state index contributed by atoms with van der Waals surface area (Å²) in [4.78, 5) is 10.7. The lowest BCUT2D eigenvalue weighted by Crippen LogP contribution is -2.72. The lowest BCUT2D eigenvalue weighted by atomic mass is 9.93. The van der Waals surface area contributed by atoms with Gasteiger partial charge in [-0.1, -0.05) is 182 Å². The summed E-state index contributed by atoms with van der Waals surface area (Å²) in [5, 5.41) is 7.81. The number of nitrogens with zero attached hydrogens (tertiary/aromatic N) is 2. The molecule has 0 radical (unpaired) electrons. The van der Waals surface area contributed by atoms with Crippen molar-refractivity contribution >= 4 is 50.8 Å². The first-order valence-corrected chi connectivity index (χ1v) is 23.1. The van der Waals surface area contributed by atoms with Crippen molar-refractivity contribution in [2.24, 2.45) is 0 Å². The van der Waals surface area contributed by atoms with E-state index in [1.165, 1.54) is 31.9 Å². The SMILES string of the molecule is c1ccc(-c2cc(-c3ccc4oc5ccccc5c4c3)cc(-c3cc(-c4ccc5c(c4)-c4ccccc4[Si]5(c4ccccc4)c4ccccc4)nc(-c4ccccc4)n3)c2)cc1. The molecule has 62 heavy (non-hydrogen) atoms. The molecule has 0 amide bonds. The van der Waals surface area contributed by atoms with E-state index < -0.39 is 8.07 Å². The van der Waals surface area contributed by atoms with Crippen molar-refractivity contribution < 1.29 is 4.42 Å². The largest absolute Gasteiger partial charge is 0.456 e. The van der Waals surface area contributed by atoms with Gasteiger partial charge in [-0.2, -0.15) is 0 Å². The van der Waals surface area contributed by atoms with E-state index in [-0.39, 0.29) is 0 Å². The summed E-state index contributed by atoms with van der Waals surface area (Å²) in [7, 11) is -2.62. The first kappa shape index (κ1) is 36.0. The van der Waals surface area contributed by atoms with Crippen LogP contribution in [-0.4, -0.2) is 18.0 Å². The molecule has 1 aliphatic rings. The van der Waals surface area contributed by atoms with E-state index in [2.05, 4.69) is 212 Å². The predicted molar refractivity (Wildman–Crippen MR) is 259 cm³/mol. The van der Waals surface area contributed by atoms with Gasteiger partial charge in [-0.15, -0.1) is 0 Å². The van der Waals surface area contributed by atoms with Crippen LogP contribution in [0.1, 0.15) is 0 Å². The van der Waals surface area contributed by atoms with Gasteiger partial charge < -0.3 is 4.42 Å². The third-order valence-electron chi connectivity index (χ3n) is 12.6. The summed E-state index contributed by atoms with van der Waals surface area (Å²) >= 11 is 0. The molecule has 0 bridgehead atoms. The molecule has 4 heteroatoms. The second-order valence-corrected chi connectivity index (χ2v) is 19.8. The molecule has 0 N–H and O–H groups in total. The Morgan fingerprint density at radius 3 is 1.56 bits per heavy atom. The molecule has 0 saturated heterocycles. The average Bonchev–Trinajstić information content (AvgIpc) is 3.88. The molecule has 2 aromatic heterocycles. The van der Waals surface area contributed by atoms with Gasteiger partial charge in [0.15, 0.2) is 13.9 Å². The Morgan fingerprint density at radius 2 is 0.839 bits per heavy atom. The second kappa shape index (κ2) is 14.7. The van der Waals surface area contributed by atoms with Gasteiger partial charge in [0.1, 0.15) is 11.2 Å². The number of hydrogen-bond donors (Lipinski definition) is 0. The van der Waals surface area contributed by atoms with Crippen molar-refractivity contribution in [2.45, 2.75) is 0 Å². The lowest BCUT2D eigenvalue weighted by Gasteiger charge is -2.31. The Morgan fingerprint density at radius 1 is 0.306 bits per heavy atom. The second-order valence-electron chi connectivity index (χ2n) is 16.1. The highest BCUT2D eigenvalue weighted by molar-refractivity contribution is 7.22. The fourth-order valence-electron chi connectivity index (χ4n) is 9.71. The lowest BCUT2D eigenvalue weighted by molar-refractivity contribution is 0.669. The van der Waals surface area contributed by atoms with Crippen LogP contribution < -0.4 is 20.7 Å². The minimum absolute atomic E-state index is 0.689. The van der Waals surface area contributed by atoms with Crippen LogP contribution >= 0.6 is 0 Å². The minimum Gasteiger partial charge on any atom is -0.456 e. The molecule has 290 valence electrons. The van der Waals surface area contributed by atoms with Crippen LogP contribution in [-0.2, 0) is 0 Å². The van der Waals surface area contributed by atoms with Crippen molar-refractivity contribution in [3.8, 4) is 67.3 Å². The zero-order valence-electron chi connectivity index (χ0n) is 33.7. The molecule has 3 heterocycles. The number of furan rings is 1. The van der Waals surface area contributed by atoms with Crippen LogP contribution in [0.5, 0.6) is 0 Å². The zero-order valence-corrected chi connectivity index (χ0v) is 34.7. The summed E-state index contributed by atoms with van der Waals surface area (Å²) in [6, 6.07) is 83.1. The Hall–Kier alpha value is -7.92. The molecule has 0 saturated carbocycles. The highest BCUT2D eigenvalue weighted by Gasteiger charge is 2.48. The quantitative estimate of drug-likeness (QED) is 0.151. The fourth-order valence-corrected chi connectivity index (χ4v) is 14.9. The first-order valence-electron chi connectivity index (χ1n) is 21.1. The average molecular weight is 807 g/mol. The van der Waals surface area contributed by atoms with Crippen LogP contribution in [0, 0.1) is 0 Å². The van der Waals surface area contributed by atoms with Gasteiger partial charge in [0.05, 0.1) is 11.4 Å². The van der Waals surface area contributed by atoms with Gasteiger partial charge >= 0.3 is 0 Å². The molecule has 0 spiro atoms. The molecule has 0 fully saturated rings. The highest BCUT2D eigenvalue weighted by atomic mass is 28.3. The summed E-state index contributed by atoms with van der Waals surface area (Å²) in [6.45, 7) is 0. The topological polar surface area (TPSA) is 38.9 Å². The van der Waals surface area contributed by atoms with Crippen molar-refractivity contribution in [1.82, 2.24) is 9.97 Å². The molecular weight excluding hydrogens is 769 g/mol. The maximum absolute atomic E-state index is 6.23. The van der Waals surface area contributed by atoms with Gasteiger partial charge in [0, 0.05) is 27.5 Å². The van der Waals surface area contributed by atoms with Crippen molar-refractivity contribution in [3.05, 3.63) is 231 Å². The Labute approximate surface area is 361 Å². The molecular formula is C58H38N2OSi. The van der Waals surface area contributed by atoms with Crippen molar-refractivity contribution in [1.29, 1.82) is 0 Å². The van der Waals surface area contributed by atoms with E-state index in [1.54, 1.807) is 0 Å². The smallest absolute Gasteiger partial charge is 0.180 e. The van der Waals surface area contributed by atoms with Crippen LogP contribution in [0.2, 0.25) is 0 Å². The van der Waals surface area contributed by atoms with E-state index in [1.807, 2.05) is 18.2 Å². The van der Waals surface area contributed by atoms with E-state index in [0.717, 1.165) is 72.3 Å².